The lowest BCUT2D eigenvalue weighted by atomic mass is 10.3. The molecule has 0 aliphatic rings. The molecule has 0 fully saturated rings. The maximum Gasteiger partial charge on any atom is 0.199 e. The molecule has 0 amide bonds. The van der Waals surface area contributed by atoms with Gasteiger partial charge in [0.15, 0.2) is 16.6 Å². The molecule has 3 aromatic heterocycles. The van der Waals surface area contributed by atoms with Crippen LogP contribution in [0.4, 0.5) is 0 Å². The van der Waals surface area contributed by atoms with E-state index in [0.717, 1.165) is 22.7 Å². The molecular weight excluding hydrogens is 252 g/mol. The van der Waals surface area contributed by atoms with Crippen molar-refractivity contribution in [3.63, 3.8) is 0 Å². The van der Waals surface area contributed by atoms with Gasteiger partial charge >= 0.3 is 0 Å². The van der Waals surface area contributed by atoms with Crippen molar-refractivity contribution in [1.82, 2.24) is 19.6 Å². The Morgan fingerprint density at radius 3 is 2.67 bits per heavy atom. The Bertz CT molecular complexity index is 744. The van der Waals surface area contributed by atoms with Crippen LogP contribution >= 0.6 is 11.6 Å². The number of aryl methyl sites for hydroxylation is 3. The molecule has 0 bridgehead atoms. The van der Waals surface area contributed by atoms with Crippen LogP contribution in [0.5, 0.6) is 0 Å². The first-order chi connectivity index (χ1) is 8.58. The van der Waals surface area contributed by atoms with Crippen LogP contribution < -0.4 is 0 Å². The summed E-state index contributed by atoms with van der Waals surface area (Å²) in [5.41, 5.74) is 3.26. The predicted octanol–water partition coefficient (Wildman–Crippen LogP) is 2.96. The smallest absolute Gasteiger partial charge is 0.199 e. The molecule has 18 heavy (non-hydrogen) atoms. The molecule has 0 atom stereocenters. The summed E-state index contributed by atoms with van der Waals surface area (Å²) in [6.45, 7) is 5.76. The van der Waals surface area contributed by atoms with Crippen LogP contribution in [-0.4, -0.2) is 19.6 Å². The first kappa shape index (κ1) is 11.2. The fourth-order valence-electron chi connectivity index (χ4n) is 1.92. The van der Waals surface area contributed by atoms with E-state index in [4.69, 9.17) is 16.0 Å². The highest BCUT2D eigenvalue weighted by Crippen LogP contribution is 2.25. The Morgan fingerprint density at radius 1 is 1.22 bits per heavy atom. The van der Waals surface area contributed by atoms with Gasteiger partial charge < -0.3 is 4.42 Å². The average molecular weight is 263 g/mol. The van der Waals surface area contributed by atoms with Crippen LogP contribution in [0.2, 0.25) is 5.15 Å². The van der Waals surface area contributed by atoms with Gasteiger partial charge in [0.25, 0.3) is 0 Å². The second-order valence-corrected chi connectivity index (χ2v) is 4.56. The maximum absolute atomic E-state index is 6.08. The van der Waals surface area contributed by atoms with Gasteiger partial charge in [0, 0.05) is 5.69 Å². The molecule has 5 nitrogen and oxygen atoms in total. The van der Waals surface area contributed by atoms with Gasteiger partial charge in [-0.3, -0.25) is 4.40 Å². The molecule has 0 N–H and O–H groups in total. The van der Waals surface area contributed by atoms with Gasteiger partial charge in [-0.2, -0.15) is 0 Å². The summed E-state index contributed by atoms with van der Waals surface area (Å²) in [5.74, 6) is 1.54. The zero-order valence-corrected chi connectivity index (χ0v) is 11.0. The van der Waals surface area contributed by atoms with Crippen LogP contribution in [0.25, 0.3) is 17.0 Å². The molecule has 0 unspecified atom stereocenters. The zero-order chi connectivity index (χ0) is 12.9. The molecule has 3 aromatic rings. The molecule has 0 spiro atoms. The third-order valence-electron chi connectivity index (χ3n) is 2.96. The second-order valence-electron chi connectivity index (χ2n) is 4.20. The molecule has 0 aromatic carbocycles. The van der Waals surface area contributed by atoms with Crippen molar-refractivity contribution in [3.8, 4) is 11.4 Å². The summed E-state index contributed by atoms with van der Waals surface area (Å²) < 4.78 is 7.21. The van der Waals surface area contributed by atoms with Crippen molar-refractivity contribution < 1.29 is 4.42 Å². The first-order valence-electron chi connectivity index (χ1n) is 5.51. The number of halogens is 1. The maximum atomic E-state index is 6.08. The highest BCUT2D eigenvalue weighted by Gasteiger charge is 2.16. The Kier molecular flexibility index (Phi) is 2.38. The number of furan rings is 1. The molecule has 0 radical (unpaired) electrons. The summed E-state index contributed by atoms with van der Waals surface area (Å²) >= 11 is 6.08. The normalized spacial score (nSPS) is 11.3. The molecule has 0 aliphatic carbocycles. The van der Waals surface area contributed by atoms with Crippen LogP contribution in [0.1, 0.15) is 17.1 Å². The van der Waals surface area contributed by atoms with E-state index in [0.29, 0.717) is 16.6 Å². The summed E-state index contributed by atoms with van der Waals surface area (Å²) in [7, 11) is 0. The molecule has 6 heteroatoms. The summed E-state index contributed by atoms with van der Waals surface area (Å²) in [5, 5.41) is 8.61. The molecule has 0 aliphatic heterocycles. The molecule has 0 saturated heterocycles. The van der Waals surface area contributed by atoms with Gasteiger partial charge in [-0.1, -0.05) is 11.6 Å². The van der Waals surface area contributed by atoms with E-state index in [1.54, 1.807) is 6.26 Å². The number of hydrogen-bond donors (Lipinski definition) is 0. The van der Waals surface area contributed by atoms with E-state index >= 15 is 0 Å². The van der Waals surface area contributed by atoms with Crippen molar-refractivity contribution in [2.45, 2.75) is 20.8 Å². The largest absolute Gasteiger partial charge is 0.469 e. The van der Waals surface area contributed by atoms with Crippen molar-refractivity contribution in [2.75, 3.05) is 0 Å². The SMILES string of the molecule is Cc1cc(-c2nnc3c(Cl)nc(C)c(C)n23)co1. The Hall–Kier alpha value is -1.88. The molecular formula is C12H11ClN4O. The fraction of sp³-hybridized carbons (Fsp3) is 0.250. The van der Waals surface area contributed by atoms with E-state index < -0.39 is 0 Å². The number of aromatic nitrogens is 4. The Labute approximate surface area is 108 Å². The quantitative estimate of drug-likeness (QED) is 0.677. The van der Waals surface area contributed by atoms with Crippen molar-refractivity contribution >= 4 is 17.2 Å². The lowest BCUT2D eigenvalue weighted by Crippen LogP contribution is -2.00. The topological polar surface area (TPSA) is 56.2 Å². The minimum atomic E-state index is 0.358. The van der Waals surface area contributed by atoms with Crippen molar-refractivity contribution in [3.05, 3.63) is 34.6 Å². The molecule has 92 valence electrons. The van der Waals surface area contributed by atoms with Crippen LogP contribution in [0, 0.1) is 20.8 Å². The van der Waals surface area contributed by atoms with Gasteiger partial charge in [0.05, 0.1) is 11.3 Å². The number of rotatable bonds is 1. The van der Waals surface area contributed by atoms with Crippen LogP contribution in [0.15, 0.2) is 16.7 Å². The minimum Gasteiger partial charge on any atom is -0.469 e. The summed E-state index contributed by atoms with van der Waals surface area (Å²) in [4.78, 5) is 4.23. The predicted molar refractivity (Wildman–Crippen MR) is 67.7 cm³/mol. The van der Waals surface area contributed by atoms with Crippen molar-refractivity contribution in [2.24, 2.45) is 0 Å². The molecule has 3 heterocycles. The van der Waals surface area contributed by atoms with Gasteiger partial charge in [0.2, 0.25) is 0 Å². The monoisotopic (exact) mass is 262 g/mol. The first-order valence-corrected chi connectivity index (χ1v) is 5.89. The van der Waals surface area contributed by atoms with E-state index in [1.807, 2.05) is 31.2 Å². The van der Waals surface area contributed by atoms with Gasteiger partial charge in [-0.15, -0.1) is 10.2 Å². The van der Waals surface area contributed by atoms with Crippen LogP contribution in [-0.2, 0) is 0 Å². The standard InChI is InChI=1S/C12H11ClN4O/c1-6-4-9(5-18-6)11-15-16-12-10(13)14-7(2)8(3)17(11)12/h4-5H,1-3H3. The number of fused-ring (bicyclic) bond motifs is 1. The highest BCUT2D eigenvalue weighted by atomic mass is 35.5. The Morgan fingerprint density at radius 2 is 2.00 bits per heavy atom. The second kappa shape index (κ2) is 3.81. The highest BCUT2D eigenvalue weighted by molar-refractivity contribution is 6.32. The summed E-state index contributed by atoms with van der Waals surface area (Å²) in [6.07, 6.45) is 1.66. The lowest BCUT2D eigenvalue weighted by molar-refractivity contribution is 0.534. The van der Waals surface area contributed by atoms with Gasteiger partial charge in [0.1, 0.15) is 12.0 Å². The van der Waals surface area contributed by atoms with E-state index in [9.17, 15) is 0 Å². The molecule has 0 saturated carbocycles. The average Bonchev–Trinajstić information content (AvgIpc) is 2.91. The lowest BCUT2D eigenvalue weighted by Gasteiger charge is -2.05. The molecule has 3 rings (SSSR count). The zero-order valence-electron chi connectivity index (χ0n) is 10.2. The van der Waals surface area contributed by atoms with E-state index in [2.05, 4.69) is 15.2 Å². The number of hydrogen-bond acceptors (Lipinski definition) is 4. The van der Waals surface area contributed by atoms with Gasteiger partial charge in [-0.05, 0) is 26.8 Å². The number of nitrogens with zero attached hydrogens (tertiary/aromatic N) is 4. The Balaban J connectivity index is 2.38. The van der Waals surface area contributed by atoms with Gasteiger partial charge in [-0.25, -0.2) is 4.98 Å². The van der Waals surface area contributed by atoms with E-state index in [-0.39, 0.29) is 0 Å². The third kappa shape index (κ3) is 1.51. The minimum absolute atomic E-state index is 0.358. The fourth-order valence-corrected chi connectivity index (χ4v) is 2.17. The van der Waals surface area contributed by atoms with Crippen LogP contribution in [0.3, 0.4) is 0 Å². The summed E-state index contributed by atoms with van der Waals surface area (Å²) in [6, 6.07) is 1.92. The van der Waals surface area contributed by atoms with Crippen molar-refractivity contribution in [1.29, 1.82) is 0 Å². The van der Waals surface area contributed by atoms with E-state index in [1.165, 1.54) is 0 Å². The third-order valence-corrected chi connectivity index (χ3v) is 3.21.